The van der Waals surface area contributed by atoms with Gasteiger partial charge in [0, 0.05) is 48.8 Å². The molecule has 7 aromatic carbocycles. The molecule has 11 aromatic rings. The van der Waals surface area contributed by atoms with Crippen LogP contribution in [0.3, 0.4) is 0 Å². The molecular weight excluding hydrogens is 621 g/mol. The second-order valence-corrected chi connectivity index (χ2v) is 12.8. The van der Waals surface area contributed by atoms with Gasteiger partial charge in [-0.2, -0.15) is 0 Å². The largest absolute Gasteiger partial charge is 0.295 e. The van der Waals surface area contributed by atoms with E-state index < -0.39 is 0 Å². The fourth-order valence-corrected chi connectivity index (χ4v) is 8.25. The summed E-state index contributed by atoms with van der Waals surface area (Å²) in [5, 5.41) is 9.61. The smallest absolute Gasteiger partial charge is 0.146 e. The zero-order valence-electron chi connectivity index (χ0n) is 28.5. The molecule has 0 aliphatic carbocycles. The van der Waals surface area contributed by atoms with Crippen molar-refractivity contribution in [3.8, 4) is 17.2 Å². The van der Waals surface area contributed by atoms with Gasteiger partial charge in [-0.05, 0) is 48.5 Å². The van der Waals surface area contributed by atoms with E-state index in [0.29, 0.717) is 0 Å². The third kappa shape index (κ3) is 4.11. The van der Waals surface area contributed by atoms with E-state index in [0.717, 1.165) is 50.2 Å². The van der Waals surface area contributed by atoms with Crippen LogP contribution < -0.4 is 0 Å². The van der Waals surface area contributed by atoms with E-state index in [4.69, 9.17) is 4.98 Å². The molecule has 11 rings (SSSR count). The topological polar surface area (TPSA) is 27.7 Å². The summed E-state index contributed by atoms with van der Waals surface area (Å²) in [7, 11) is 0. The van der Waals surface area contributed by atoms with Crippen LogP contribution in [0.25, 0.3) is 93.5 Å². The van der Waals surface area contributed by atoms with Gasteiger partial charge in [0.05, 0.1) is 33.3 Å². The molecule has 242 valence electrons. The van der Waals surface area contributed by atoms with Crippen molar-refractivity contribution in [1.29, 1.82) is 0 Å². The molecule has 0 amide bonds. The number of hydrogen-bond donors (Lipinski definition) is 0. The first-order chi connectivity index (χ1) is 25.4. The molecule has 4 heterocycles. The summed E-state index contributed by atoms with van der Waals surface area (Å²) in [6.45, 7) is 4.00. The molecule has 0 bridgehead atoms. The van der Waals surface area contributed by atoms with Crippen molar-refractivity contribution in [3.05, 3.63) is 170 Å². The Labute approximate surface area is 295 Å². The van der Waals surface area contributed by atoms with Crippen LogP contribution in [-0.2, 0) is 0 Å². The predicted octanol–water partition coefficient (Wildman–Crippen LogP) is 12.6. The molecule has 0 saturated heterocycles. The number of hydrogen-bond acceptors (Lipinski definition) is 1. The Morgan fingerprint density at radius 3 is 1.45 bits per heavy atom. The molecule has 0 unspecified atom stereocenters. The highest BCUT2D eigenvalue weighted by Gasteiger charge is 2.24. The summed E-state index contributed by atoms with van der Waals surface area (Å²) in [5.74, 6) is 0.934. The van der Waals surface area contributed by atoms with Gasteiger partial charge in [-0.15, -0.1) is 0 Å². The Morgan fingerprint density at radius 2 is 0.824 bits per heavy atom. The van der Waals surface area contributed by atoms with Crippen LogP contribution in [0.4, 0.5) is 0 Å². The summed E-state index contributed by atoms with van der Waals surface area (Å²) in [6, 6.07) is 61.0. The van der Waals surface area contributed by atoms with Gasteiger partial charge in [-0.25, -0.2) is 4.98 Å². The van der Waals surface area contributed by atoms with Gasteiger partial charge in [0.1, 0.15) is 11.5 Å². The number of fused-ring (bicyclic) bond motifs is 11. The molecule has 0 N–H and O–H groups in total. The molecule has 0 saturated carbocycles. The van der Waals surface area contributed by atoms with Crippen molar-refractivity contribution in [2.45, 2.75) is 13.8 Å². The molecule has 0 atom stereocenters. The van der Waals surface area contributed by atoms with Gasteiger partial charge in [-0.3, -0.25) is 13.7 Å². The van der Waals surface area contributed by atoms with Crippen molar-refractivity contribution in [2.24, 2.45) is 0 Å². The monoisotopic (exact) mass is 654 g/mol. The second-order valence-electron chi connectivity index (χ2n) is 12.8. The first-order valence-corrected chi connectivity index (χ1v) is 17.8. The molecule has 0 radical (unpaired) electrons. The minimum absolute atomic E-state index is 0.934. The molecule has 0 spiro atoms. The average Bonchev–Trinajstić information content (AvgIpc) is 3.84. The van der Waals surface area contributed by atoms with Gasteiger partial charge >= 0.3 is 0 Å². The summed E-state index contributed by atoms with van der Waals surface area (Å²) in [5.41, 5.74) is 9.05. The van der Waals surface area contributed by atoms with Crippen LogP contribution in [0.5, 0.6) is 0 Å². The van der Waals surface area contributed by atoms with E-state index in [1.54, 1.807) is 0 Å². The maximum Gasteiger partial charge on any atom is 0.146 e. The maximum absolute atomic E-state index is 5.44. The zero-order chi connectivity index (χ0) is 34.1. The number of nitrogens with zero attached hydrogens (tertiary/aromatic N) is 4. The first-order valence-electron chi connectivity index (χ1n) is 17.8. The summed E-state index contributed by atoms with van der Waals surface area (Å²) >= 11 is 0. The highest BCUT2D eigenvalue weighted by molar-refractivity contribution is 6.24. The molecule has 0 fully saturated rings. The van der Waals surface area contributed by atoms with Crippen LogP contribution in [0, 0.1) is 0 Å². The molecular formula is C47H34N4. The fourth-order valence-electron chi connectivity index (χ4n) is 8.25. The van der Waals surface area contributed by atoms with E-state index >= 15 is 0 Å². The summed E-state index contributed by atoms with van der Waals surface area (Å²) < 4.78 is 7.27. The van der Waals surface area contributed by atoms with Crippen LogP contribution in [0.2, 0.25) is 0 Å². The average molecular weight is 655 g/mol. The lowest BCUT2D eigenvalue weighted by Gasteiger charge is -2.18. The van der Waals surface area contributed by atoms with Crippen molar-refractivity contribution < 1.29 is 0 Å². The molecule has 4 aromatic heterocycles. The maximum atomic E-state index is 5.44. The molecule has 0 aliphatic rings. The van der Waals surface area contributed by atoms with Crippen molar-refractivity contribution in [3.63, 3.8) is 0 Å². The molecule has 4 heteroatoms. The van der Waals surface area contributed by atoms with Crippen LogP contribution in [0.1, 0.15) is 13.8 Å². The van der Waals surface area contributed by atoms with Crippen molar-refractivity contribution in [1.82, 2.24) is 18.7 Å². The van der Waals surface area contributed by atoms with E-state index in [-0.39, 0.29) is 0 Å². The van der Waals surface area contributed by atoms with E-state index in [1.165, 1.54) is 43.4 Å². The Kier molecular flexibility index (Phi) is 6.58. The van der Waals surface area contributed by atoms with Gasteiger partial charge in [0.15, 0.2) is 0 Å². The first kappa shape index (κ1) is 29.3. The zero-order valence-corrected chi connectivity index (χ0v) is 28.5. The highest BCUT2D eigenvalue weighted by Crippen LogP contribution is 2.44. The van der Waals surface area contributed by atoms with Gasteiger partial charge in [-0.1, -0.05) is 135 Å². The van der Waals surface area contributed by atoms with Crippen LogP contribution in [0.15, 0.2) is 170 Å². The van der Waals surface area contributed by atoms with Gasteiger partial charge in [0.2, 0.25) is 0 Å². The minimum Gasteiger partial charge on any atom is -0.295 e. The SMILES string of the molecule is CC.c1ccc(-n2c3ccccc3c3c4ccccc4n(-c4cccc5c(-n6c7ccccc7c7ccccc76)nc6ccccc6c45)c32)cc1. The predicted molar refractivity (Wildman–Crippen MR) is 216 cm³/mol. The summed E-state index contributed by atoms with van der Waals surface area (Å²) in [4.78, 5) is 5.44. The van der Waals surface area contributed by atoms with Crippen LogP contribution >= 0.6 is 0 Å². The van der Waals surface area contributed by atoms with Crippen molar-refractivity contribution >= 4 is 76.3 Å². The highest BCUT2D eigenvalue weighted by atomic mass is 15.1. The molecule has 4 nitrogen and oxygen atoms in total. The third-order valence-electron chi connectivity index (χ3n) is 10.2. The van der Waals surface area contributed by atoms with E-state index in [1.807, 2.05) is 13.8 Å². The Balaban J connectivity index is 0.00000161. The van der Waals surface area contributed by atoms with Crippen LogP contribution in [-0.4, -0.2) is 18.7 Å². The molecule has 0 aliphatic heterocycles. The van der Waals surface area contributed by atoms with Gasteiger partial charge in [0.25, 0.3) is 0 Å². The quantitative estimate of drug-likeness (QED) is 0.174. The lowest BCUT2D eigenvalue weighted by molar-refractivity contribution is 1.07. The second kappa shape index (κ2) is 11.5. The lowest BCUT2D eigenvalue weighted by atomic mass is 10.0. The van der Waals surface area contributed by atoms with Crippen molar-refractivity contribution in [2.75, 3.05) is 0 Å². The number of rotatable bonds is 3. The Hall–Kier alpha value is -6.65. The number of pyridine rings is 1. The standard InChI is InChI=1S/C45H28N4.C2H6/c1-2-15-29(16-3-1)47-39-26-12-7-20-33(39)43-34-21-8-13-27-40(34)49(45(43)47)41-28-14-22-35-42(41)32-19-4-9-23-36(32)46-44(35)48-37-24-10-5-17-30(37)31-18-6-11-25-38(31)48;1-2/h1-28H;1-2H3. The summed E-state index contributed by atoms with van der Waals surface area (Å²) in [6.07, 6.45) is 0. The molecule has 51 heavy (non-hydrogen) atoms. The van der Waals surface area contributed by atoms with Gasteiger partial charge < -0.3 is 0 Å². The number of aromatic nitrogens is 4. The normalized spacial score (nSPS) is 11.7. The van der Waals surface area contributed by atoms with E-state index in [9.17, 15) is 0 Å². The minimum atomic E-state index is 0.934. The van der Waals surface area contributed by atoms with E-state index in [2.05, 4.69) is 184 Å². The Bertz CT molecular complexity index is 3050. The Morgan fingerprint density at radius 1 is 0.353 bits per heavy atom. The number of benzene rings is 7. The number of para-hydroxylation sites is 6. The third-order valence-corrected chi connectivity index (χ3v) is 10.2. The fraction of sp³-hybridized carbons (Fsp3) is 0.0426. The lowest BCUT2D eigenvalue weighted by Crippen LogP contribution is -2.04.